The first kappa shape index (κ1) is 15.7. The van der Waals surface area contributed by atoms with Crippen molar-refractivity contribution < 1.29 is 56.2 Å². The van der Waals surface area contributed by atoms with Crippen LogP contribution in [0.4, 0.5) is 0 Å². The Morgan fingerprint density at radius 2 is 1.83 bits per heavy atom. The minimum atomic E-state index is 0. The molecule has 0 radical (unpaired) electrons. The molecular formula is C3H7KNO-. The molecule has 32 valence electrons. The van der Waals surface area contributed by atoms with Gasteiger partial charge in [0.2, 0.25) is 0 Å². The maximum Gasteiger partial charge on any atom is 1.00 e. The van der Waals surface area contributed by atoms with E-state index in [4.69, 9.17) is 4.79 Å². The summed E-state index contributed by atoms with van der Waals surface area (Å²) in [7, 11) is 1.51. The van der Waals surface area contributed by atoms with Gasteiger partial charge in [0.1, 0.15) is 0 Å². The van der Waals surface area contributed by atoms with Gasteiger partial charge in [-0.25, -0.2) is 0 Å². The summed E-state index contributed by atoms with van der Waals surface area (Å²) in [5.41, 5.74) is 0. The van der Waals surface area contributed by atoms with Crippen molar-refractivity contribution in [3.05, 3.63) is 7.43 Å². The molecule has 0 aromatic rings. The third kappa shape index (κ3) is 19.4. The molecule has 0 rings (SSSR count). The minimum absolute atomic E-state index is 0. The van der Waals surface area contributed by atoms with Crippen LogP contribution in [0.15, 0.2) is 0 Å². The van der Waals surface area contributed by atoms with Crippen LogP contribution in [0, 0.1) is 7.43 Å². The molecule has 0 bridgehead atoms. The van der Waals surface area contributed by atoms with Crippen molar-refractivity contribution in [1.29, 1.82) is 0 Å². The SMILES string of the molecule is CN[C-]=O.[CH3-].[K+]. The molecule has 2 nitrogen and oxygen atoms in total. The zero-order valence-electron chi connectivity index (χ0n) is 4.41. The summed E-state index contributed by atoms with van der Waals surface area (Å²) in [5, 5.41) is 2.12. The number of carbonyl (C=O) groups excluding carboxylic acids is 1. The number of hydrogen-bond acceptors (Lipinski definition) is 1. The van der Waals surface area contributed by atoms with Gasteiger partial charge in [0.05, 0.1) is 0 Å². The van der Waals surface area contributed by atoms with E-state index in [0.29, 0.717) is 0 Å². The van der Waals surface area contributed by atoms with E-state index >= 15 is 0 Å². The normalized spacial score (nSPS) is 3.50. The van der Waals surface area contributed by atoms with Gasteiger partial charge in [-0.3, -0.25) is 0 Å². The van der Waals surface area contributed by atoms with Crippen LogP contribution in [0.1, 0.15) is 0 Å². The second-order valence-corrected chi connectivity index (χ2v) is 0.352. The molecule has 0 saturated carbocycles. The van der Waals surface area contributed by atoms with Crippen molar-refractivity contribution in [3.8, 4) is 0 Å². The molecule has 1 amide bonds. The second kappa shape index (κ2) is 16.5. The van der Waals surface area contributed by atoms with Gasteiger partial charge in [-0.2, -0.15) is 6.41 Å². The molecule has 1 N–H and O–H groups in total. The van der Waals surface area contributed by atoms with Crippen LogP contribution in [-0.2, 0) is 4.79 Å². The van der Waals surface area contributed by atoms with Crippen LogP contribution >= 0.6 is 0 Å². The molecule has 0 aromatic heterocycles. The molecule has 0 unspecified atom stereocenters. The monoisotopic (exact) mass is 112 g/mol. The molecule has 0 saturated heterocycles. The standard InChI is InChI=1S/C2H4NO.CH3.K/c1-3-2-4;;/h1H3,(H,3,4);1H3;/q2*-1;+1. The van der Waals surface area contributed by atoms with Gasteiger partial charge in [-0.05, 0) is 7.05 Å². The Kier molecular flexibility index (Phi) is 43.2. The first-order chi connectivity index (χ1) is 1.91. The Morgan fingerprint density at radius 1 is 1.67 bits per heavy atom. The number of rotatable bonds is 1. The molecule has 0 aromatic carbocycles. The van der Waals surface area contributed by atoms with Crippen molar-refractivity contribution in [1.82, 2.24) is 5.32 Å². The van der Waals surface area contributed by atoms with Gasteiger partial charge in [0.25, 0.3) is 0 Å². The Balaban J connectivity index is -0.0000000450. The maximum absolute atomic E-state index is 8.94. The summed E-state index contributed by atoms with van der Waals surface area (Å²) in [6.45, 7) is 0. The smallest absolute Gasteiger partial charge is 0.532 e. The topological polar surface area (TPSA) is 29.1 Å². The fourth-order valence-electron chi connectivity index (χ4n) is 0. The molecule has 0 aliphatic rings. The van der Waals surface area contributed by atoms with E-state index in [1.807, 2.05) is 0 Å². The van der Waals surface area contributed by atoms with Crippen LogP contribution in [-0.4, -0.2) is 13.5 Å². The van der Waals surface area contributed by atoms with Crippen molar-refractivity contribution >= 4 is 6.41 Å². The van der Waals surface area contributed by atoms with E-state index in [1.165, 1.54) is 13.5 Å². The summed E-state index contributed by atoms with van der Waals surface area (Å²) >= 11 is 0. The third-order valence-electron chi connectivity index (χ3n) is 0.102. The summed E-state index contributed by atoms with van der Waals surface area (Å²) in [6.07, 6.45) is 1.43. The molecule has 0 spiro atoms. The van der Waals surface area contributed by atoms with E-state index in [2.05, 4.69) is 5.32 Å². The second-order valence-electron chi connectivity index (χ2n) is 0.352. The zero-order chi connectivity index (χ0) is 3.41. The van der Waals surface area contributed by atoms with E-state index in [0.717, 1.165) is 0 Å². The first-order valence-corrected chi connectivity index (χ1v) is 0.954. The fraction of sp³-hybridized carbons (Fsp3) is 0.333. The molecule has 0 aliphatic heterocycles. The third-order valence-corrected chi connectivity index (χ3v) is 0.102. The van der Waals surface area contributed by atoms with Gasteiger partial charge >= 0.3 is 51.4 Å². The van der Waals surface area contributed by atoms with Crippen molar-refractivity contribution in [2.75, 3.05) is 7.05 Å². The van der Waals surface area contributed by atoms with Gasteiger partial charge in [-0.15, -0.1) is 0 Å². The van der Waals surface area contributed by atoms with Gasteiger partial charge in [0, 0.05) is 0 Å². The molecule has 0 aliphatic carbocycles. The van der Waals surface area contributed by atoms with Crippen LogP contribution in [0.25, 0.3) is 0 Å². The van der Waals surface area contributed by atoms with E-state index in [1.54, 1.807) is 0 Å². The summed E-state index contributed by atoms with van der Waals surface area (Å²) in [4.78, 5) is 8.94. The maximum atomic E-state index is 8.94. The molecule has 0 atom stereocenters. The van der Waals surface area contributed by atoms with Gasteiger partial charge < -0.3 is 17.5 Å². The Bertz CT molecular complexity index is 24.8. The Morgan fingerprint density at radius 3 is 1.83 bits per heavy atom. The number of hydrogen-bond donors (Lipinski definition) is 1. The summed E-state index contributed by atoms with van der Waals surface area (Å²) in [5.74, 6) is 0. The summed E-state index contributed by atoms with van der Waals surface area (Å²) in [6, 6.07) is 0. The average molecular weight is 112 g/mol. The number of amides is 1. The van der Waals surface area contributed by atoms with Crippen LogP contribution < -0.4 is 56.7 Å². The minimum Gasteiger partial charge on any atom is -0.532 e. The van der Waals surface area contributed by atoms with Crippen LogP contribution in [0.5, 0.6) is 0 Å². The molecule has 0 heterocycles. The molecule has 3 heteroatoms. The van der Waals surface area contributed by atoms with Crippen molar-refractivity contribution in [3.63, 3.8) is 0 Å². The van der Waals surface area contributed by atoms with Gasteiger partial charge in [0.15, 0.2) is 0 Å². The number of nitrogens with one attached hydrogen (secondary N) is 1. The molecular weight excluding hydrogens is 105 g/mol. The van der Waals surface area contributed by atoms with E-state index in [9.17, 15) is 0 Å². The Hall–Kier alpha value is 1.11. The van der Waals surface area contributed by atoms with E-state index in [-0.39, 0.29) is 58.8 Å². The molecule has 0 fully saturated rings. The zero-order valence-corrected chi connectivity index (χ0v) is 7.53. The predicted octanol–water partition coefficient (Wildman–Crippen LogP) is -3.27. The quantitative estimate of drug-likeness (QED) is 0.215. The van der Waals surface area contributed by atoms with Crippen LogP contribution in [0.2, 0.25) is 0 Å². The van der Waals surface area contributed by atoms with Crippen LogP contribution in [0.3, 0.4) is 0 Å². The van der Waals surface area contributed by atoms with E-state index < -0.39 is 0 Å². The Labute approximate surface area is 81.1 Å². The first-order valence-electron chi connectivity index (χ1n) is 0.954. The molecule has 6 heavy (non-hydrogen) atoms. The van der Waals surface area contributed by atoms with Gasteiger partial charge in [-0.1, -0.05) is 0 Å². The predicted molar refractivity (Wildman–Crippen MR) is 21.2 cm³/mol. The summed E-state index contributed by atoms with van der Waals surface area (Å²) < 4.78 is 0. The average Bonchev–Trinajstić information content (AvgIpc) is 1.37. The van der Waals surface area contributed by atoms with Crippen molar-refractivity contribution in [2.45, 2.75) is 0 Å². The van der Waals surface area contributed by atoms with Crippen molar-refractivity contribution in [2.24, 2.45) is 0 Å². The largest absolute Gasteiger partial charge is 1.00 e. The fourth-order valence-corrected chi connectivity index (χ4v) is 0.